The molecule has 0 amide bonds. The lowest BCUT2D eigenvalue weighted by Gasteiger charge is -2.39. The van der Waals surface area contributed by atoms with Gasteiger partial charge in [-0.1, -0.05) is 145 Å². The van der Waals surface area contributed by atoms with Crippen molar-refractivity contribution in [2.45, 2.75) is 179 Å². The number of unbranched alkanes of at least 4 members (excludes halogenated alkanes) is 12. The highest BCUT2D eigenvalue weighted by Gasteiger charge is 2.44. The first kappa shape index (κ1) is 49.6. The normalized spacial score (nSPS) is 21.6. The van der Waals surface area contributed by atoms with Crippen LogP contribution in [0.15, 0.2) is 72.9 Å². The largest absolute Gasteiger partial charge is 0.457 e. The first-order valence-electron chi connectivity index (χ1n) is 21.0. The van der Waals surface area contributed by atoms with E-state index in [-0.39, 0.29) is 19.6 Å². The average Bonchev–Trinajstić information content (AvgIpc) is 3.17. The van der Waals surface area contributed by atoms with E-state index in [9.17, 15) is 25.2 Å². The Hall–Kier alpha value is -2.37. The van der Waals surface area contributed by atoms with Gasteiger partial charge in [0.25, 0.3) is 0 Å². The topological polar surface area (TPSA) is 135 Å². The molecule has 0 spiro atoms. The van der Waals surface area contributed by atoms with Crippen LogP contribution < -0.4 is 0 Å². The van der Waals surface area contributed by atoms with Crippen molar-refractivity contribution in [2.75, 3.05) is 26.4 Å². The Morgan fingerprint density at radius 3 is 1.69 bits per heavy atom. The number of allylic oxidation sites excluding steroid dienone is 11. The molecule has 1 rings (SSSR count). The van der Waals surface area contributed by atoms with Crippen molar-refractivity contribution in [3.8, 4) is 0 Å². The summed E-state index contributed by atoms with van der Waals surface area (Å²) >= 11 is 0. The number of rotatable bonds is 34. The number of ether oxygens (including phenoxy) is 4. The monoisotopic (exact) mass is 761 g/mol. The second kappa shape index (κ2) is 36.3. The van der Waals surface area contributed by atoms with Crippen molar-refractivity contribution in [1.82, 2.24) is 0 Å². The fraction of sp³-hybridized carbons (Fsp3) is 0.711. The molecule has 1 aliphatic rings. The minimum absolute atomic E-state index is 0.0823. The van der Waals surface area contributed by atoms with Gasteiger partial charge in [0.2, 0.25) is 0 Å². The molecular weight excluding hydrogens is 684 g/mol. The maximum atomic E-state index is 12.7. The number of carbonyl (C=O) groups is 1. The van der Waals surface area contributed by atoms with Crippen LogP contribution in [0.4, 0.5) is 0 Å². The molecule has 0 aromatic carbocycles. The minimum atomic E-state index is -1.56. The molecule has 4 N–H and O–H groups in total. The molecule has 9 heteroatoms. The van der Waals surface area contributed by atoms with Gasteiger partial charge in [-0.2, -0.15) is 0 Å². The second-order valence-electron chi connectivity index (χ2n) is 14.1. The van der Waals surface area contributed by atoms with Gasteiger partial charge in [-0.3, -0.25) is 4.79 Å². The third-order valence-electron chi connectivity index (χ3n) is 9.14. The van der Waals surface area contributed by atoms with Crippen LogP contribution in [-0.4, -0.2) is 89.6 Å². The summed E-state index contributed by atoms with van der Waals surface area (Å²) in [6.45, 7) is 4.28. The molecule has 0 saturated carbocycles. The predicted molar refractivity (Wildman–Crippen MR) is 219 cm³/mol. The highest BCUT2D eigenvalue weighted by Crippen LogP contribution is 2.22. The van der Waals surface area contributed by atoms with E-state index in [1.165, 1.54) is 64.2 Å². The van der Waals surface area contributed by atoms with E-state index in [0.717, 1.165) is 51.4 Å². The Balaban J connectivity index is 2.37. The maximum absolute atomic E-state index is 12.7. The molecule has 54 heavy (non-hydrogen) atoms. The summed E-state index contributed by atoms with van der Waals surface area (Å²) in [5.74, 6) is -0.445. The number of esters is 1. The van der Waals surface area contributed by atoms with Crippen molar-refractivity contribution in [2.24, 2.45) is 0 Å². The summed E-state index contributed by atoms with van der Waals surface area (Å²) in [5, 5.41) is 40.0. The average molecular weight is 761 g/mol. The molecular formula is C45H76O9. The summed E-state index contributed by atoms with van der Waals surface area (Å²) in [7, 11) is 0. The Morgan fingerprint density at radius 1 is 0.611 bits per heavy atom. The van der Waals surface area contributed by atoms with E-state index in [4.69, 9.17) is 18.9 Å². The Labute approximate surface area is 327 Å². The smallest absolute Gasteiger partial charge is 0.310 e. The van der Waals surface area contributed by atoms with Crippen LogP contribution >= 0.6 is 0 Å². The number of hydrogen-bond acceptors (Lipinski definition) is 9. The summed E-state index contributed by atoms with van der Waals surface area (Å²) < 4.78 is 22.6. The van der Waals surface area contributed by atoms with E-state index in [1.807, 2.05) is 6.08 Å². The third-order valence-corrected chi connectivity index (χ3v) is 9.14. The highest BCUT2D eigenvalue weighted by atomic mass is 16.7. The standard InChI is InChI=1S/C45H76O9/c1-3-5-7-9-11-13-15-17-19-21-23-25-27-29-31-33-35-51-37-39(38-52-45-44(50)43(49)42(48)40(36-46)54-45)53-41(47)34-32-30-28-26-24-22-20-18-16-14-12-10-8-6-4-2/h6,8,12,14,17-20,24,26,30,32,39-40,42-46,48-50H,3-5,7,9-11,13,15-16,21-23,25,27-29,31,33-38H2,1-2H3/b8-6-,14-12-,19-17-,20-18-,26-24-,32-30-. The van der Waals surface area contributed by atoms with Crippen molar-refractivity contribution >= 4 is 5.97 Å². The molecule has 6 unspecified atom stereocenters. The lowest BCUT2D eigenvalue weighted by molar-refractivity contribution is -0.305. The summed E-state index contributed by atoms with van der Waals surface area (Å²) in [6.07, 6.45) is 39.5. The van der Waals surface area contributed by atoms with Gasteiger partial charge >= 0.3 is 5.97 Å². The van der Waals surface area contributed by atoms with Crippen LogP contribution in [0.1, 0.15) is 142 Å². The zero-order valence-corrected chi connectivity index (χ0v) is 33.7. The van der Waals surface area contributed by atoms with E-state index < -0.39 is 49.4 Å². The molecule has 0 aliphatic carbocycles. The summed E-state index contributed by atoms with van der Waals surface area (Å²) in [6, 6.07) is 0. The fourth-order valence-corrected chi connectivity index (χ4v) is 5.85. The molecule has 6 atom stereocenters. The fourth-order valence-electron chi connectivity index (χ4n) is 5.85. The molecule has 0 radical (unpaired) electrons. The quantitative estimate of drug-likeness (QED) is 0.0288. The Morgan fingerprint density at radius 2 is 1.13 bits per heavy atom. The van der Waals surface area contributed by atoms with Crippen LogP contribution in [0.5, 0.6) is 0 Å². The van der Waals surface area contributed by atoms with Gasteiger partial charge in [0, 0.05) is 6.61 Å². The van der Waals surface area contributed by atoms with Crippen LogP contribution in [0.2, 0.25) is 0 Å². The third kappa shape index (κ3) is 27.2. The zero-order chi connectivity index (χ0) is 39.3. The van der Waals surface area contributed by atoms with Gasteiger partial charge in [0.1, 0.15) is 30.5 Å². The van der Waals surface area contributed by atoms with Crippen LogP contribution in [-0.2, 0) is 23.7 Å². The molecule has 1 aliphatic heterocycles. The Kier molecular flexibility index (Phi) is 33.4. The first-order chi connectivity index (χ1) is 26.4. The van der Waals surface area contributed by atoms with E-state index in [2.05, 4.69) is 74.6 Å². The van der Waals surface area contributed by atoms with Crippen LogP contribution in [0.3, 0.4) is 0 Å². The lowest BCUT2D eigenvalue weighted by atomic mass is 9.99. The van der Waals surface area contributed by atoms with Gasteiger partial charge in [-0.25, -0.2) is 0 Å². The van der Waals surface area contributed by atoms with Gasteiger partial charge in [0.15, 0.2) is 6.29 Å². The molecule has 0 aromatic rings. The van der Waals surface area contributed by atoms with Gasteiger partial charge in [-0.15, -0.1) is 0 Å². The van der Waals surface area contributed by atoms with Gasteiger partial charge in [-0.05, 0) is 64.2 Å². The number of aliphatic hydroxyl groups excluding tert-OH is 4. The molecule has 0 aromatic heterocycles. The predicted octanol–water partition coefficient (Wildman–Crippen LogP) is 8.91. The molecule has 9 nitrogen and oxygen atoms in total. The van der Waals surface area contributed by atoms with E-state index >= 15 is 0 Å². The first-order valence-corrected chi connectivity index (χ1v) is 21.0. The highest BCUT2D eigenvalue weighted by molar-refractivity contribution is 5.71. The maximum Gasteiger partial charge on any atom is 0.310 e. The van der Waals surface area contributed by atoms with Crippen molar-refractivity contribution in [3.05, 3.63) is 72.9 Å². The van der Waals surface area contributed by atoms with E-state index in [1.54, 1.807) is 6.08 Å². The van der Waals surface area contributed by atoms with Crippen LogP contribution in [0.25, 0.3) is 0 Å². The molecule has 310 valence electrons. The van der Waals surface area contributed by atoms with Crippen molar-refractivity contribution in [1.29, 1.82) is 0 Å². The Bertz CT molecular complexity index is 1050. The van der Waals surface area contributed by atoms with Crippen molar-refractivity contribution in [3.63, 3.8) is 0 Å². The zero-order valence-electron chi connectivity index (χ0n) is 33.7. The minimum Gasteiger partial charge on any atom is -0.457 e. The van der Waals surface area contributed by atoms with Crippen molar-refractivity contribution < 1.29 is 44.2 Å². The molecule has 1 heterocycles. The lowest BCUT2D eigenvalue weighted by Crippen LogP contribution is -2.59. The van der Waals surface area contributed by atoms with Gasteiger partial charge in [0.05, 0.1) is 26.2 Å². The number of aliphatic hydroxyl groups is 4. The number of hydrogen-bond donors (Lipinski definition) is 4. The van der Waals surface area contributed by atoms with Gasteiger partial charge < -0.3 is 39.4 Å². The second-order valence-corrected chi connectivity index (χ2v) is 14.1. The molecule has 0 bridgehead atoms. The van der Waals surface area contributed by atoms with Crippen LogP contribution in [0, 0.1) is 0 Å². The number of carbonyl (C=O) groups excluding carboxylic acids is 1. The molecule has 1 saturated heterocycles. The summed E-state index contributed by atoms with van der Waals surface area (Å²) in [4.78, 5) is 12.7. The summed E-state index contributed by atoms with van der Waals surface area (Å²) in [5.41, 5.74) is 0. The van der Waals surface area contributed by atoms with E-state index in [0.29, 0.717) is 13.0 Å². The molecule has 1 fully saturated rings. The SMILES string of the molecule is CC/C=C\C/C=C\C/C=C\C/C=C\C/C=C\CC(=O)OC(COCCCCCCCC/C=C\CCCCCCCC)COC1OC(CO)C(O)C(O)C1O.